The molecule has 0 spiro atoms. The number of hydrogen-bond donors (Lipinski definition) is 2. The number of carbonyl (C=O) groups excluding carboxylic acids is 1. The fourth-order valence-electron chi connectivity index (χ4n) is 3.66. The molecule has 4 nitrogen and oxygen atoms in total. The Labute approximate surface area is 133 Å². The fourth-order valence-corrected chi connectivity index (χ4v) is 3.66. The van der Waals surface area contributed by atoms with Crippen LogP contribution in [0.4, 0.5) is 11.4 Å². The van der Waals surface area contributed by atoms with Crippen LogP contribution in [0.15, 0.2) is 24.3 Å². The van der Waals surface area contributed by atoms with E-state index in [1.165, 1.54) is 19.3 Å². The first kappa shape index (κ1) is 15.2. The van der Waals surface area contributed by atoms with E-state index >= 15 is 0 Å². The van der Waals surface area contributed by atoms with Crippen molar-refractivity contribution in [2.24, 2.45) is 0 Å². The van der Waals surface area contributed by atoms with Crippen LogP contribution in [-0.4, -0.2) is 30.6 Å². The Hall–Kier alpha value is -1.71. The number of benzene rings is 1. The van der Waals surface area contributed by atoms with E-state index < -0.39 is 0 Å². The smallest absolute Gasteiger partial charge is 0.239 e. The van der Waals surface area contributed by atoms with Crippen molar-refractivity contribution in [1.29, 1.82) is 0 Å². The first-order valence-corrected chi connectivity index (χ1v) is 8.45. The van der Waals surface area contributed by atoms with Crippen LogP contribution in [0.1, 0.15) is 46.0 Å². The van der Waals surface area contributed by atoms with Gasteiger partial charge in [-0.3, -0.25) is 4.79 Å². The lowest BCUT2D eigenvalue weighted by atomic mass is 9.95. The van der Waals surface area contributed by atoms with Gasteiger partial charge in [0.2, 0.25) is 5.91 Å². The minimum atomic E-state index is -0.0283. The summed E-state index contributed by atoms with van der Waals surface area (Å²) in [5, 5.41) is 6.77. The summed E-state index contributed by atoms with van der Waals surface area (Å²) >= 11 is 0. The second-order valence-electron chi connectivity index (χ2n) is 7.28. The van der Waals surface area contributed by atoms with Gasteiger partial charge in [-0.1, -0.05) is 31.4 Å². The van der Waals surface area contributed by atoms with E-state index in [1.54, 1.807) is 0 Å². The first-order chi connectivity index (χ1) is 10.5. The van der Waals surface area contributed by atoms with Crippen molar-refractivity contribution in [3.8, 4) is 0 Å². The number of carbonyl (C=O) groups is 1. The molecule has 0 aromatic heterocycles. The highest BCUT2D eigenvalue weighted by molar-refractivity contribution is 5.84. The molecule has 1 aliphatic carbocycles. The highest BCUT2D eigenvalue weighted by atomic mass is 16.2. The number of hydrogen-bond acceptors (Lipinski definition) is 3. The number of fused-ring (bicyclic) bond motifs is 1. The predicted octanol–water partition coefficient (Wildman–Crippen LogP) is 3.15. The molecule has 1 aromatic rings. The quantitative estimate of drug-likeness (QED) is 0.901. The minimum Gasteiger partial charge on any atom is -0.377 e. The van der Waals surface area contributed by atoms with Crippen molar-refractivity contribution in [2.75, 3.05) is 23.3 Å². The van der Waals surface area contributed by atoms with E-state index in [2.05, 4.69) is 41.5 Å². The standard InChI is InChI=1S/C18H27N3O/c1-18(2)13-21(16-11-7-6-10-15(16)20-18)12-17(22)19-14-8-4-3-5-9-14/h6-7,10-11,14,20H,3-5,8-9,12-13H2,1-2H3,(H,19,22). The molecular weight excluding hydrogens is 274 g/mol. The fraction of sp³-hybridized carbons (Fsp3) is 0.611. The number of nitrogens with one attached hydrogen (secondary N) is 2. The highest BCUT2D eigenvalue weighted by Crippen LogP contribution is 2.33. The molecule has 1 amide bonds. The molecule has 1 aliphatic heterocycles. The van der Waals surface area contributed by atoms with Gasteiger partial charge in [-0.05, 0) is 38.8 Å². The van der Waals surface area contributed by atoms with Crippen molar-refractivity contribution >= 4 is 17.3 Å². The number of para-hydroxylation sites is 2. The van der Waals surface area contributed by atoms with E-state index in [0.717, 1.165) is 30.8 Å². The monoisotopic (exact) mass is 301 g/mol. The van der Waals surface area contributed by atoms with Crippen molar-refractivity contribution in [2.45, 2.75) is 57.5 Å². The van der Waals surface area contributed by atoms with Gasteiger partial charge in [0.1, 0.15) is 0 Å². The van der Waals surface area contributed by atoms with Crippen molar-refractivity contribution in [1.82, 2.24) is 5.32 Å². The molecule has 0 radical (unpaired) electrons. The number of amides is 1. The van der Waals surface area contributed by atoms with E-state index in [9.17, 15) is 4.79 Å². The lowest BCUT2D eigenvalue weighted by Crippen LogP contribution is -2.52. The third kappa shape index (κ3) is 3.54. The molecule has 3 rings (SSSR count). The van der Waals surface area contributed by atoms with Gasteiger partial charge in [-0.15, -0.1) is 0 Å². The van der Waals surface area contributed by atoms with Crippen LogP contribution >= 0.6 is 0 Å². The van der Waals surface area contributed by atoms with E-state index in [1.807, 2.05) is 12.1 Å². The lowest BCUT2D eigenvalue weighted by molar-refractivity contribution is -0.120. The van der Waals surface area contributed by atoms with Gasteiger partial charge in [0.15, 0.2) is 0 Å². The summed E-state index contributed by atoms with van der Waals surface area (Å²) in [4.78, 5) is 14.6. The minimum absolute atomic E-state index is 0.0283. The van der Waals surface area contributed by atoms with Crippen LogP contribution in [0.3, 0.4) is 0 Å². The van der Waals surface area contributed by atoms with Gasteiger partial charge < -0.3 is 15.5 Å². The van der Waals surface area contributed by atoms with Crippen LogP contribution in [-0.2, 0) is 4.79 Å². The topological polar surface area (TPSA) is 44.4 Å². The number of anilines is 2. The Bertz CT molecular complexity index is 535. The molecule has 0 unspecified atom stereocenters. The van der Waals surface area contributed by atoms with E-state index in [-0.39, 0.29) is 11.4 Å². The maximum Gasteiger partial charge on any atom is 0.239 e. The van der Waals surface area contributed by atoms with Crippen molar-refractivity contribution < 1.29 is 4.79 Å². The summed E-state index contributed by atoms with van der Waals surface area (Å²) < 4.78 is 0. The number of rotatable bonds is 3. The molecule has 1 saturated carbocycles. The average Bonchev–Trinajstić information content (AvgIpc) is 2.47. The van der Waals surface area contributed by atoms with Crippen LogP contribution < -0.4 is 15.5 Å². The molecule has 22 heavy (non-hydrogen) atoms. The molecule has 1 aromatic carbocycles. The predicted molar refractivity (Wildman–Crippen MR) is 91.4 cm³/mol. The second kappa shape index (κ2) is 6.19. The maximum absolute atomic E-state index is 12.4. The zero-order valence-electron chi connectivity index (χ0n) is 13.7. The van der Waals surface area contributed by atoms with Gasteiger partial charge in [0, 0.05) is 18.1 Å². The van der Waals surface area contributed by atoms with E-state index in [4.69, 9.17) is 0 Å². The van der Waals surface area contributed by atoms with Crippen molar-refractivity contribution in [3.63, 3.8) is 0 Å². The Morgan fingerprint density at radius 3 is 2.77 bits per heavy atom. The lowest BCUT2D eigenvalue weighted by Gasteiger charge is -2.42. The second-order valence-corrected chi connectivity index (χ2v) is 7.28. The summed E-state index contributed by atoms with van der Waals surface area (Å²) in [6.45, 7) is 5.63. The maximum atomic E-state index is 12.4. The molecular formula is C18H27N3O. The van der Waals surface area contributed by atoms with Gasteiger partial charge in [0.25, 0.3) is 0 Å². The van der Waals surface area contributed by atoms with Gasteiger partial charge >= 0.3 is 0 Å². The summed E-state index contributed by atoms with van der Waals surface area (Å²) in [5.74, 6) is 0.152. The van der Waals surface area contributed by atoms with Gasteiger partial charge in [-0.2, -0.15) is 0 Å². The zero-order valence-corrected chi connectivity index (χ0v) is 13.7. The third-order valence-electron chi connectivity index (χ3n) is 4.61. The molecule has 1 heterocycles. The van der Waals surface area contributed by atoms with Crippen LogP contribution in [0.25, 0.3) is 0 Å². The Morgan fingerprint density at radius 1 is 1.27 bits per heavy atom. The Morgan fingerprint density at radius 2 is 2.00 bits per heavy atom. The van der Waals surface area contributed by atoms with Gasteiger partial charge in [0.05, 0.1) is 17.9 Å². The summed E-state index contributed by atoms with van der Waals surface area (Å²) in [6.07, 6.45) is 6.07. The molecule has 1 fully saturated rings. The molecule has 0 atom stereocenters. The van der Waals surface area contributed by atoms with Crippen LogP contribution in [0.2, 0.25) is 0 Å². The van der Waals surface area contributed by atoms with Gasteiger partial charge in [-0.25, -0.2) is 0 Å². The molecule has 0 saturated heterocycles. The largest absolute Gasteiger partial charge is 0.377 e. The molecule has 2 aliphatic rings. The molecule has 120 valence electrons. The average molecular weight is 301 g/mol. The van der Waals surface area contributed by atoms with Crippen molar-refractivity contribution in [3.05, 3.63) is 24.3 Å². The van der Waals surface area contributed by atoms with E-state index in [0.29, 0.717) is 12.6 Å². The third-order valence-corrected chi connectivity index (χ3v) is 4.61. The Balaban J connectivity index is 1.67. The summed E-state index contributed by atoms with van der Waals surface area (Å²) in [6, 6.07) is 8.62. The SMILES string of the molecule is CC1(C)CN(CC(=O)NC2CCCCC2)c2ccccc2N1. The normalized spacial score (nSPS) is 20.9. The Kier molecular flexibility index (Phi) is 4.27. The first-order valence-electron chi connectivity index (χ1n) is 8.45. The molecule has 0 bridgehead atoms. The van der Waals surface area contributed by atoms with Crippen LogP contribution in [0, 0.1) is 0 Å². The number of nitrogens with zero attached hydrogens (tertiary/aromatic N) is 1. The summed E-state index contributed by atoms with van der Waals surface area (Å²) in [7, 11) is 0. The highest BCUT2D eigenvalue weighted by Gasteiger charge is 2.30. The van der Waals surface area contributed by atoms with Crippen LogP contribution in [0.5, 0.6) is 0 Å². The summed E-state index contributed by atoms with van der Waals surface area (Å²) in [5.41, 5.74) is 2.21. The molecule has 4 heteroatoms. The molecule has 2 N–H and O–H groups in total. The zero-order chi connectivity index (χ0) is 15.6.